The average molecular weight is 463 g/mol. The Morgan fingerprint density at radius 2 is 1.81 bits per heavy atom. The second-order valence-corrected chi connectivity index (χ2v) is 7.14. The molecule has 1 fully saturated rings. The highest BCUT2D eigenvalue weighted by molar-refractivity contribution is 5.83. The highest BCUT2D eigenvalue weighted by Gasteiger charge is 2.46. The van der Waals surface area contributed by atoms with Crippen molar-refractivity contribution in [2.75, 3.05) is 6.61 Å². The highest BCUT2D eigenvalue weighted by atomic mass is 16.5. The summed E-state index contributed by atoms with van der Waals surface area (Å²) in [6.45, 7) is 0.455. The van der Waals surface area contributed by atoms with Crippen LogP contribution in [-0.2, 0) is 14.3 Å². The summed E-state index contributed by atoms with van der Waals surface area (Å²) in [4.78, 5) is 38.6. The number of nitrogens with two attached hydrogens (primary N) is 1. The molecule has 32 heavy (non-hydrogen) atoms. The van der Waals surface area contributed by atoms with Crippen molar-refractivity contribution >= 4 is 17.9 Å². The van der Waals surface area contributed by atoms with Crippen molar-refractivity contribution < 1.29 is 54.3 Å². The van der Waals surface area contributed by atoms with E-state index in [0.29, 0.717) is 0 Å². The van der Waals surface area contributed by atoms with E-state index in [-0.39, 0.29) is 11.7 Å². The molecule has 2 rings (SSSR count). The number of carboxylic acids is 1. The summed E-state index contributed by atoms with van der Waals surface area (Å²) < 4.78 is 10.3. The van der Waals surface area contributed by atoms with Gasteiger partial charge in [0.25, 0.3) is 0 Å². The van der Waals surface area contributed by atoms with Crippen LogP contribution in [-0.4, -0.2) is 102 Å². The number of rotatable bonds is 9. The summed E-state index contributed by atoms with van der Waals surface area (Å²) in [6.07, 6.45) is -9.67. The maximum Gasteiger partial charge on any atom is 0.328 e. The summed E-state index contributed by atoms with van der Waals surface area (Å²) in [6, 6.07) is -4.09. The van der Waals surface area contributed by atoms with Gasteiger partial charge >= 0.3 is 12.0 Å². The zero-order chi connectivity index (χ0) is 24.2. The van der Waals surface area contributed by atoms with Crippen LogP contribution in [0.1, 0.15) is 37.2 Å². The Bertz CT molecular complexity index is 816. The fraction of sp³-hybridized carbons (Fsp3) is 0.688. The molecule has 8 atom stereocenters. The number of aliphatic hydroxyl groups is 5. The number of hydrogen-bond donors (Lipinski definition) is 9. The highest BCUT2D eigenvalue weighted by Crippen LogP contribution is 2.31. The second kappa shape index (κ2) is 10.6. The van der Waals surface area contributed by atoms with Gasteiger partial charge in [0.15, 0.2) is 6.04 Å². The molecule has 0 spiro atoms. The SMILES string of the molecule is CC(O)C(NC(=O)N[C@@H](CC(N)=O)c1nc(C2O[C@@H](CO)[C@H](O)[C@H](O)[C@H]2O)no1)C(=O)O. The van der Waals surface area contributed by atoms with Crippen LogP contribution in [0.3, 0.4) is 0 Å². The van der Waals surface area contributed by atoms with Crippen LogP contribution >= 0.6 is 0 Å². The molecule has 180 valence electrons. The second-order valence-electron chi connectivity index (χ2n) is 7.14. The molecule has 2 heterocycles. The van der Waals surface area contributed by atoms with E-state index >= 15 is 0 Å². The number of carbonyl (C=O) groups is 3. The fourth-order valence-electron chi connectivity index (χ4n) is 2.95. The number of nitrogens with zero attached hydrogens (tertiary/aromatic N) is 2. The number of nitrogens with one attached hydrogen (secondary N) is 2. The Kier molecular flexibility index (Phi) is 8.42. The molecule has 0 aliphatic carbocycles. The molecule has 0 aromatic carbocycles. The largest absolute Gasteiger partial charge is 0.480 e. The number of urea groups is 1. The minimum absolute atomic E-state index is 0.332. The Balaban J connectivity index is 2.20. The van der Waals surface area contributed by atoms with Crippen LogP contribution in [0.2, 0.25) is 0 Å². The number of hydrogen-bond acceptors (Lipinski definition) is 12. The molecule has 16 nitrogen and oxygen atoms in total. The van der Waals surface area contributed by atoms with Gasteiger partial charge in [0.2, 0.25) is 17.6 Å². The summed E-state index contributed by atoms with van der Waals surface area (Å²) in [5, 5.41) is 65.4. The average Bonchev–Trinajstić information content (AvgIpc) is 3.19. The lowest BCUT2D eigenvalue weighted by molar-refractivity contribution is -0.233. The minimum Gasteiger partial charge on any atom is -0.480 e. The lowest BCUT2D eigenvalue weighted by atomic mass is 9.95. The van der Waals surface area contributed by atoms with Crippen molar-refractivity contribution in [3.05, 3.63) is 11.7 Å². The smallest absolute Gasteiger partial charge is 0.328 e. The number of carbonyl (C=O) groups excluding carboxylic acids is 2. The zero-order valence-electron chi connectivity index (χ0n) is 16.7. The van der Waals surface area contributed by atoms with E-state index < -0.39 is 79.6 Å². The Labute approximate surface area is 180 Å². The summed E-state index contributed by atoms with van der Waals surface area (Å²) >= 11 is 0. The first-order valence-corrected chi connectivity index (χ1v) is 9.36. The zero-order valence-corrected chi connectivity index (χ0v) is 16.7. The van der Waals surface area contributed by atoms with Crippen LogP contribution in [0, 0.1) is 0 Å². The molecule has 1 aliphatic heterocycles. The predicted molar refractivity (Wildman–Crippen MR) is 98.3 cm³/mol. The van der Waals surface area contributed by atoms with Crippen LogP contribution in [0.4, 0.5) is 4.79 Å². The summed E-state index contributed by atoms with van der Waals surface area (Å²) in [5.74, 6) is -3.12. The van der Waals surface area contributed by atoms with Gasteiger partial charge in [0, 0.05) is 0 Å². The molecule has 1 aromatic rings. The van der Waals surface area contributed by atoms with Crippen molar-refractivity contribution in [1.82, 2.24) is 20.8 Å². The van der Waals surface area contributed by atoms with E-state index in [4.69, 9.17) is 20.1 Å². The van der Waals surface area contributed by atoms with Crippen molar-refractivity contribution in [2.24, 2.45) is 5.73 Å². The number of primary amides is 1. The van der Waals surface area contributed by atoms with Crippen LogP contribution < -0.4 is 16.4 Å². The van der Waals surface area contributed by atoms with E-state index in [0.717, 1.165) is 6.92 Å². The first-order valence-electron chi connectivity index (χ1n) is 9.36. The number of carboxylic acid groups (broad SMARTS) is 1. The van der Waals surface area contributed by atoms with Crippen LogP contribution in [0.15, 0.2) is 4.52 Å². The molecule has 0 bridgehead atoms. The lowest BCUT2D eigenvalue weighted by Gasteiger charge is -2.38. The molecule has 16 heteroatoms. The molecule has 1 aliphatic rings. The van der Waals surface area contributed by atoms with Crippen molar-refractivity contribution in [1.29, 1.82) is 0 Å². The number of aliphatic carboxylic acids is 1. The molecule has 3 unspecified atom stereocenters. The van der Waals surface area contributed by atoms with Gasteiger partial charge in [-0.05, 0) is 6.92 Å². The van der Waals surface area contributed by atoms with Gasteiger partial charge in [-0.15, -0.1) is 0 Å². The maximum atomic E-state index is 12.2. The standard InChI is InChI=1S/C16H25N5O11/c1-4(23)8(15(28)29)19-16(30)18-5(2-7(17)24)14-20-13(21-32-14)12-11(27)10(26)9(25)6(3-22)31-12/h4-6,8-12,22-23,25-27H,2-3H2,1H3,(H2,17,24)(H,28,29)(H2,18,19,30)/t4?,5-,6-,8?,9-,10-,11+,12?/m0/s1. The normalized spacial score (nSPS) is 28.4. The molecule has 0 radical (unpaired) electrons. The van der Waals surface area contributed by atoms with E-state index in [1.807, 2.05) is 5.32 Å². The number of amides is 3. The lowest BCUT2D eigenvalue weighted by Crippen LogP contribution is -2.55. The van der Waals surface area contributed by atoms with E-state index in [1.165, 1.54) is 0 Å². The number of ether oxygens (including phenoxy) is 1. The van der Waals surface area contributed by atoms with Gasteiger partial charge in [-0.1, -0.05) is 5.16 Å². The first kappa shape index (κ1) is 25.4. The predicted octanol–water partition coefficient (Wildman–Crippen LogP) is -4.37. The molecule has 1 aromatic heterocycles. The molecule has 10 N–H and O–H groups in total. The number of aliphatic hydroxyl groups excluding tert-OH is 5. The third kappa shape index (κ3) is 5.87. The third-order valence-corrected chi connectivity index (χ3v) is 4.65. The number of aromatic nitrogens is 2. The quantitative estimate of drug-likeness (QED) is 0.168. The molecule has 0 saturated carbocycles. The first-order chi connectivity index (χ1) is 15.0. The molecule has 1 saturated heterocycles. The Hall–Kier alpha value is -2.89. The van der Waals surface area contributed by atoms with Gasteiger partial charge in [-0.25, -0.2) is 9.59 Å². The maximum absolute atomic E-state index is 12.2. The van der Waals surface area contributed by atoms with Crippen LogP contribution in [0.5, 0.6) is 0 Å². The molecular formula is C16H25N5O11. The minimum atomic E-state index is -1.70. The monoisotopic (exact) mass is 463 g/mol. The Morgan fingerprint density at radius 1 is 1.16 bits per heavy atom. The van der Waals surface area contributed by atoms with Crippen molar-refractivity contribution in [3.63, 3.8) is 0 Å². The van der Waals surface area contributed by atoms with Gasteiger partial charge in [-0.3, -0.25) is 4.79 Å². The Morgan fingerprint density at radius 3 is 2.34 bits per heavy atom. The van der Waals surface area contributed by atoms with Gasteiger partial charge < -0.3 is 56.3 Å². The van der Waals surface area contributed by atoms with Gasteiger partial charge in [0.1, 0.15) is 36.6 Å². The van der Waals surface area contributed by atoms with Crippen molar-refractivity contribution in [3.8, 4) is 0 Å². The van der Waals surface area contributed by atoms with Gasteiger partial charge in [-0.2, -0.15) is 4.98 Å². The van der Waals surface area contributed by atoms with E-state index in [1.54, 1.807) is 0 Å². The molecular weight excluding hydrogens is 438 g/mol. The fourth-order valence-corrected chi connectivity index (χ4v) is 2.95. The van der Waals surface area contributed by atoms with Crippen LogP contribution in [0.25, 0.3) is 0 Å². The van der Waals surface area contributed by atoms with E-state index in [9.17, 15) is 39.9 Å². The van der Waals surface area contributed by atoms with Crippen molar-refractivity contribution in [2.45, 2.75) is 62.1 Å². The van der Waals surface area contributed by atoms with Gasteiger partial charge in [0.05, 0.1) is 19.1 Å². The topological polar surface area (TPSA) is 271 Å². The molecule has 3 amide bonds. The third-order valence-electron chi connectivity index (χ3n) is 4.65. The summed E-state index contributed by atoms with van der Waals surface area (Å²) in [5.41, 5.74) is 5.16. The van der Waals surface area contributed by atoms with E-state index in [2.05, 4.69) is 15.5 Å². The summed E-state index contributed by atoms with van der Waals surface area (Å²) in [7, 11) is 0.